The zero-order valence-electron chi connectivity index (χ0n) is 13.0. The largest absolute Gasteiger partial charge is 0.424 e. The highest BCUT2D eigenvalue weighted by Crippen LogP contribution is 2.22. The molecule has 1 aromatic heterocycles. The Kier molecular flexibility index (Phi) is 4.42. The van der Waals surface area contributed by atoms with Gasteiger partial charge in [-0.25, -0.2) is 13.8 Å². The van der Waals surface area contributed by atoms with Crippen molar-refractivity contribution < 1.29 is 8.81 Å². The van der Waals surface area contributed by atoms with Crippen molar-refractivity contribution in [2.45, 2.75) is 26.2 Å². The lowest BCUT2D eigenvalue weighted by Gasteiger charge is -2.07. The Bertz CT molecular complexity index is 829. The maximum absolute atomic E-state index is 13.1. The second-order valence-corrected chi connectivity index (χ2v) is 5.50. The van der Waals surface area contributed by atoms with Crippen molar-refractivity contribution >= 4 is 0 Å². The molecule has 0 fully saturated rings. The number of hydrogen-bond donors (Lipinski definition) is 0. The summed E-state index contributed by atoms with van der Waals surface area (Å²) < 4.78 is 19.6. The normalized spacial score (nSPS) is 10.9. The second kappa shape index (κ2) is 6.65. The molecule has 0 amide bonds. The van der Waals surface area contributed by atoms with E-state index in [9.17, 15) is 9.18 Å². The topological polar surface area (TPSA) is 35.1 Å². The van der Waals surface area contributed by atoms with Gasteiger partial charge in [-0.05, 0) is 54.8 Å². The molecule has 0 aliphatic heterocycles. The van der Waals surface area contributed by atoms with Gasteiger partial charge in [-0.2, -0.15) is 0 Å². The first-order chi connectivity index (χ1) is 11.2. The molecular formula is C19H18FNO2. The van der Waals surface area contributed by atoms with Crippen LogP contribution in [0.1, 0.15) is 25.3 Å². The zero-order valence-corrected chi connectivity index (χ0v) is 13.0. The molecule has 0 unspecified atom stereocenters. The third kappa shape index (κ3) is 3.26. The predicted molar refractivity (Wildman–Crippen MR) is 88.3 cm³/mol. The van der Waals surface area contributed by atoms with Gasteiger partial charge in [-0.3, -0.25) is 0 Å². The third-order valence-electron chi connectivity index (χ3n) is 3.85. The fourth-order valence-electron chi connectivity index (χ4n) is 2.56. The summed E-state index contributed by atoms with van der Waals surface area (Å²) in [5.41, 5.74) is 3.32. The van der Waals surface area contributed by atoms with Crippen molar-refractivity contribution in [1.29, 1.82) is 0 Å². The van der Waals surface area contributed by atoms with Gasteiger partial charge >= 0.3 is 5.76 Å². The lowest BCUT2D eigenvalue weighted by molar-refractivity contribution is 0.504. The zero-order chi connectivity index (χ0) is 16.2. The van der Waals surface area contributed by atoms with Crippen molar-refractivity contribution in [2.24, 2.45) is 0 Å². The maximum Gasteiger partial charge on any atom is 0.424 e. The Morgan fingerprint density at radius 1 is 1.04 bits per heavy atom. The lowest BCUT2D eigenvalue weighted by Crippen LogP contribution is -2.13. The van der Waals surface area contributed by atoms with Gasteiger partial charge in [0, 0.05) is 5.56 Å². The van der Waals surface area contributed by atoms with Gasteiger partial charge in [0.1, 0.15) is 12.1 Å². The molecule has 23 heavy (non-hydrogen) atoms. The molecule has 0 N–H and O–H groups in total. The molecule has 0 spiro atoms. The number of rotatable bonds is 5. The first-order valence-electron chi connectivity index (χ1n) is 7.75. The highest BCUT2D eigenvalue weighted by atomic mass is 19.1. The van der Waals surface area contributed by atoms with E-state index in [4.69, 9.17) is 4.42 Å². The minimum absolute atomic E-state index is 0.314. The number of nitrogens with zero attached hydrogens (tertiary/aromatic N) is 1. The number of halogens is 1. The standard InChI is InChI=1S/C19H18FNO2/c1-2-3-4-14-5-11-17(12-6-14)21-18(13-23-19(21)22)15-7-9-16(20)10-8-15/h5-13H,2-4H2,1H3. The number of unbranched alkanes of at least 4 members (excludes halogenated alkanes) is 1. The Balaban J connectivity index is 1.98. The van der Waals surface area contributed by atoms with Gasteiger partial charge in [0.2, 0.25) is 0 Å². The van der Waals surface area contributed by atoms with Crippen LogP contribution in [-0.2, 0) is 6.42 Å². The van der Waals surface area contributed by atoms with Crippen LogP contribution in [0, 0.1) is 5.82 Å². The molecule has 4 heteroatoms. The predicted octanol–water partition coefficient (Wildman–Crippen LogP) is 4.58. The van der Waals surface area contributed by atoms with E-state index in [-0.39, 0.29) is 5.82 Å². The average Bonchev–Trinajstić information content (AvgIpc) is 2.96. The SMILES string of the molecule is CCCCc1ccc(-n2c(-c3ccc(F)cc3)coc2=O)cc1. The van der Waals surface area contributed by atoms with Crippen LogP contribution in [0.5, 0.6) is 0 Å². The monoisotopic (exact) mass is 311 g/mol. The van der Waals surface area contributed by atoms with Crippen LogP contribution in [0.3, 0.4) is 0 Å². The number of benzene rings is 2. The summed E-state index contributed by atoms with van der Waals surface area (Å²) in [6.45, 7) is 2.16. The van der Waals surface area contributed by atoms with Gasteiger partial charge in [0.15, 0.2) is 0 Å². The van der Waals surface area contributed by atoms with E-state index in [2.05, 4.69) is 6.92 Å². The summed E-state index contributed by atoms with van der Waals surface area (Å²) in [5, 5.41) is 0. The second-order valence-electron chi connectivity index (χ2n) is 5.50. The Morgan fingerprint density at radius 2 is 1.74 bits per heavy atom. The molecule has 118 valence electrons. The fraction of sp³-hybridized carbons (Fsp3) is 0.211. The minimum Gasteiger partial charge on any atom is -0.415 e. The lowest BCUT2D eigenvalue weighted by atomic mass is 10.1. The highest BCUT2D eigenvalue weighted by Gasteiger charge is 2.12. The van der Waals surface area contributed by atoms with E-state index in [1.165, 1.54) is 28.5 Å². The van der Waals surface area contributed by atoms with Crippen molar-refractivity contribution in [1.82, 2.24) is 4.57 Å². The van der Waals surface area contributed by atoms with Gasteiger partial charge in [-0.15, -0.1) is 0 Å². The fourth-order valence-corrected chi connectivity index (χ4v) is 2.56. The van der Waals surface area contributed by atoms with Crippen molar-refractivity contribution in [3.05, 3.63) is 76.7 Å². The Labute approximate surface area is 134 Å². The summed E-state index contributed by atoms with van der Waals surface area (Å²) in [6.07, 6.45) is 4.73. The summed E-state index contributed by atoms with van der Waals surface area (Å²) in [6, 6.07) is 13.9. The third-order valence-corrected chi connectivity index (χ3v) is 3.85. The number of oxazole rings is 1. The van der Waals surface area contributed by atoms with E-state index in [0.29, 0.717) is 5.69 Å². The van der Waals surface area contributed by atoms with Crippen LogP contribution >= 0.6 is 0 Å². The molecule has 0 saturated heterocycles. The van der Waals surface area contributed by atoms with E-state index >= 15 is 0 Å². The maximum atomic E-state index is 13.1. The molecule has 3 nitrogen and oxygen atoms in total. The van der Waals surface area contributed by atoms with Crippen LogP contribution in [0.4, 0.5) is 4.39 Å². The van der Waals surface area contributed by atoms with Gasteiger partial charge in [0.25, 0.3) is 0 Å². The molecule has 0 bridgehead atoms. The Morgan fingerprint density at radius 3 is 2.39 bits per heavy atom. The van der Waals surface area contributed by atoms with Crippen LogP contribution in [-0.4, -0.2) is 4.57 Å². The summed E-state index contributed by atoms with van der Waals surface area (Å²) in [5.74, 6) is -0.767. The highest BCUT2D eigenvalue weighted by molar-refractivity contribution is 5.61. The average molecular weight is 311 g/mol. The summed E-state index contributed by atoms with van der Waals surface area (Å²) >= 11 is 0. The molecule has 3 rings (SSSR count). The molecule has 0 aliphatic carbocycles. The van der Waals surface area contributed by atoms with Gasteiger partial charge in [-0.1, -0.05) is 25.5 Å². The van der Waals surface area contributed by atoms with E-state index in [0.717, 1.165) is 30.5 Å². The molecule has 3 aromatic rings. The first kappa shape index (κ1) is 15.3. The van der Waals surface area contributed by atoms with Crippen LogP contribution < -0.4 is 5.76 Å². The number of aryl methyl sites for hydroxylation is 1. The van der Waals surface area contributed by atoms with E-state index < -0.39 is 5.76 Å². The molecule has 1 heterocycles. The number of hydrogen-bond acceptors (Lipinski definition) is 2. The number of aromatic nitrogens is 1. The van der Waals surface area contributed by atoms with Crippen molar-refractivity contribution in [2.75, 3.05) is 0 Å². The van der Waals surface area contributed by atoms with Crippen LogP contribution in [0.15, 0.2) is 64.0 Å². The van der Waals surface area contributed by atoms with Gasteiger partial charge in [0.05, 0.1) is 11.4 Å². The quantitative estimate of drug-likeness (QED) is 0.691. The molecule has 0 aliphatic rings. The Hall–Kier alpha value is -2.62. The summed E-state index contributed by atoms with van der Waals surface area (Å²) in [7, 11) is 0. The molecular weight excluding hydrogens is 293 g/mol. The smallest absolute Gasteiger partial charge is 0.415 e. The summed E-state index contributed by atoms with van der Waals surface area (Å²) in [4.78, 5) is 12.1. The minimum atomic E-state index is -0.453. The van der Waals surface area contributed by atoms with Crippen LogP contribution in [0.2, 0.25) is 0 Å². The molecule has 0 saturated carbocycles. The molecule has 0 atom stereocenters. The van der Waals surface area contributed by atoms with Gasteiger partial charge < -0.3 is 4.42 Å². The van der Waals surface area contributed by atoms with Crippen molar-refractivity contribution in [3.63, 3.8) is 0 Å². The van der Waals surface area contributed by atoms with E-state index in [1.807, 2.05) is 24.3 Å². The molecule has 2 aromatic carbocycles. The van der Waals surface area contributed by atoms with E-state index in [1.54, 1.807) is 12.1 Å². The molecule has 0 radical (unpaired) electrons. The first-order valence-corrected chi connectivity index (χ1v) is 7.75. The van der Waals surface area contributed by atoms with Crippen molar-refractivity contribution in [3.8, 4) is 16.9 Å². The van der Waals surface area contributed by atoms with Crippen LogP contribution in [0.25, 0.3) is 16.9 Å².